The highest BCUT2D eigenvalue weighted by Gasteiger charge is 2.52. The molecule has 2 atom stereocenters. The maximum Gasteiger partial charge on any atom is 0.328 e. The van der Waals surface area contributed by atoms with Gasteiger partial charge in [-0.15, -0.1) is 0 Å². The van der Waals surface area contributed by atoms with Crippen LogP contribution in [0.3, 0.4) is 0 Å². The zero-order valence-electron chi connectivity index (χ0n) is 13.7. The van der Waals surface area contributed by atoms with E-state index in [-0.39, 0.29) is 6.17 Å². The normalized spacial score (nSPS) is 24.9. The third-order valence-corrected chi connectivity index (χ3v) is 5.07. The molecule has 4 rings (SSSR count). The molecule has 0 saturated carbocycles. The predicted octanol–water partition coefficient (Wildman–Crippen LogP) is 2.63. The Labute approximate surface area is 146 Å². The highest BCUT2D eigenvalue weighted by Crippen LogP contribution is 2.46. The molecule has 1 saturated heterocycles. The number of anilines is 1. The van der Waals surface area contributed by atoms with Crippen LogP contribution in [0.5, 0.6) is 0 Å². The van der Waals surface area contributed by atoms with Crippen LogP contribution in [0.25, 0.3) is 6.08 Å². The van der Waals surface area contributed by atoms with Gasteiger partial charge >= 0.3 is 5.97 Å². The van der Waals surface area contributed by atoms with E-state index in [9.17, 15) is 9.90 Å². The molecule has 0 bridgehead atoms. The number of hydrogen-bond acceptors (Lipinski definition) is 4. The first-order valence-corrected chi connectivity index (χ1v) is 8.39. The number of nitrogens with zero attached hydrogens (tertiary/aromatic N) is 1. The van der Waals surface area contributed by atoms with Crippen LogP contribution in [-0.2, 0) is 16.9 Å². The van der Waals surface area contributed by atoms with Crippen LogP contribution in [0.15, 0.2) is 54.6 Å². The molecule has 2 aliphatic heterocycles. The first-order valence-electron chi connectivity index (χ1n) is 8.39. The number of carbonyl (C=O) groups is 1. The SMILES string of the molecule is O=C(O)/C=C/c1ccc(CN2CCC3(O)c4ccccc4NC23)cc1. The molecule has 0 radical (unpaired) electrons. The zero-order valence-corrected chi connectivity index (χ0v) is 13.7. The Morgan fingerprint density at radius 3 is 2.76 bits per heavy atom. The summed E-state index contributed by atoms with van der Waals surface area (Å²) >= 11 is 0. The summed E-state index contributed by atoms with van der Waals surface area (Å²) in [5, 5.41) is 23.3. The lowest BCUT2D eigenvalue weighted by molar-refractivity contribution is -0.131. The second-order valence-electron chi connectivity index (χ2n) is 6.65. The molecule has 2 unspecified atom stereocenters. The lowest BCUT2D eigenvalue weighted by Gasteiger charge is -2.28. The van der Waals surface area contributed by atoms with Crippen molar-refractivity contribution in [2.24, 2.45) is 0 Å². The van der Waals surface area contributed by atoms with E-state index in [0.29, 0.717) is 6.42 Å². The van der Waals surface area contributed by atoms with Gasteiger partial charge in [0.1, 0.15) is 11.8 Å². The summed E-state index contributed by atoms with van der Waals surface area (Å²) in [6, 6.07) is 15.8. The van der Waals surface area contributed by atoms with Crippen LogP contribution in [0, 0.1) is 0 Å². The Bertz CT molecular complexity index is 831. The fourth-order valence-electron chi connectivity index (χ4n) is 3.81. The smallest absolute Gasteiger partial charge is 0.328 e. The van der Waals surface area contributed by atoms with Crippen LogP contribution in [-0.4, -0.2) is 33.8 Å². The number of aliphatic hydroxyl groups is 1. The second kappa shape index (κ2) is 6.02. The Hall–Kier alpha value is -2.63. The van der Waals surface area contributed by atoms with Crippen LogP contribution in [0.1, 0.15) is 23.1 Å². The maximum atomic E-state index is 11.1. The molecule has 0 amide bonds. The fraction of sp³-hybridized carbons (Fsp3) is 0.250. The zero-order chi connectivity index (χ0) is 17.4. The number of aliphatic carboxylic acids is 1. The molecule has 2 aromatic rings. The summed E-state index contributed by atoms with van der Waals surface area (Å²) in [7, 11) is 0. The van der Waals surface area contributed by atoms with E-state index in [1.165, 1.54) is 0 Å². The van der Waals surface area contributed by atoms with Gasteiger partial charge < -0.3 is 15.5 Å². The number of fused-ring (bicyclic) bond motifs is 3. The minimum Gasteiger partial charge on any atom is -0.478 e. The summed E-state index contributed by atoms with van der Waals surface area (Å²) in [5.74, 6) is -0.952. The van der Waals surface area contributed by atoms with Crippen molar-refractivity contribution in [2.45, 2.75) is 24.7 Å². The summed E-state index contributed by atoms with van der Waals surface area (Å²) in [6.07, 6.45) is 3.31. The van der Waals surface area contributed by atoms with Crippen LogP contribution < -0.4 is 5.32 Å². The van der Waals surface area contributed by atoms with E-state index < -0.39 is 11.6 Å². The highest BCUT2D eigenvalue weighted by molar-refractivity contribution is 5.85. The van der Waals surface area contributed by atoms with E-state index in [0.717, 1.165) is 41.5 Å². The van der Waals surface area contributed by atoms with E-state index in [1.54, 1.807) is 6.08 Å². The molecule has 5 heteroatoms. The molecule has 2 aromatic carbocycles. The molecule has 25 heavy (non-hydrogen) atoms. The quantitative estimate of drug-likeness (QED) is 0.749. The Morgan fingerprint density at radius 2 is 2.00 bits per heavy atom. The van der Waals surface area contributed by atoms with Gasteiger partial charge in [-0.1, -0.05) is 42.5 Å². The first kappa shape index (κ1) is 15.9. The topological polar surface area (TPSA) is 72.8 Å². The third-order valence-electron chi connectivity index (χ3n) is 5.07. The standard InChI is InChI=1S/C20H20N2O3/c23-18(24)10-9-14-5-7-15(8-6-14)13-22-12-11-20(25)16-3-1-2-4-17(16)21-19(20)22/h1-10,19,21,25H,11-13H2,(H,23,24)/b10-9+. The predicted molar refractivity (Wildman–Crippen MR) is 95.9 cm³/mol. The average molecular weight is 336 g/mol. The van der Waals surface area contributed by atoms with Gasteiger partial charge in [-0.2, -0.15) is 0 Å². The summed E-state index contributed by atoms with van der Waals surface area (Å²) in [5.41, 5.74) is 3.15. The molecule has 2 aliphatic rings. The number of rotatable bonds is 4. The fourth-order valence-corrected chi connectivity index (χ4v) is 3.81. The van der Waals surface area contributed by atoms with Gasteiger partial charge in [0, 0.05) is 30.4 Å². The maximum absolute atomic E-state index is 11.1. The minimum absolute atomic E-state index is 0.114. The van der Waals surface area contributed by atoms with Gasteiger partial charge in [-0.25, -0.2) is 4.79 Å². The van der Waals surface area contributed by atoms with E-state index in [4.69, 9.17) is 5.11 Å². The van der Waals surface area contributed by atoms with Gasteiger partial charge in [-0.3, -0.25) is 4.90 Å². The number of para-hydroxylation sites is 1. The Balaban J connectivity index is 1.49. The molecule has 0 aromatic heterocycles. The van der Waals surface area contributed by atoms with E-state index in [2.05, 4.69) is 10.2 Å². The lowest BCUT2D eigenvalue weighted by atomic mass is 9.93. The minimum atomic E-state index is -0.952. The summed E-state index contributed by atoms with van der Waals surface area (Å²) in [6.45, 7) is 1.56. The number of benzene rings is 2. The molecule has 0 spiro atoms. The number of carboxylic acid groups (broad SMARTS) is 1. The van der Waals surface area contributed by atoms with Crippen LogP contribution in [0.2, 0.25) is 0 Å². The lowest BCUT2D eigenvalue weighted by Crippen LogP contribution is -2.42. The Kier molecular flexibility index (Phi) is 3.82. The molecule has 0 aliphatic carbocycles. The summed E-state index contributed by atoms with van der Waals surface area (Å²) < 4.78 is 0. The number of carboxylic acids is 1. The molecule has 5 nitrogen and oxygen atoms in total. The number of hydrogen-bond donors (Lipinski definition) is 3. The molecule has 2 heterocycles. The molecule has 3 N–H and O–H groups in total. The Morgan fingerprint density at radius 1 is 1.24 bits per heavy atom. The number of nitrogens with one attached hydrogen (secondary N) is 1. The van der Waals surface area contributed by atoms with Crippen molar-refractivity contribution in [1.82, 2.24) is 4.90 Å². The molecule has 128 valence electrons. The first-order chi connectivity index (χ1) is 12.1. The van der Waals surface area contributed by atoms with Crippen LogP contribution in [0.4, 0.5) is 5.69 Å². The molecular formula is C20H20N2O3. The van der Waals surface area contributed by atoms with Crippen LogP contribution >= 0.6 is 0 Å². The van der Waals surface area contributed by atoms with Crippen molar-refractivity contribution in [3.8, 4) is 0 Å². The average Bonchev–Trinajstić information content (AvgIpc) is 3.07. The van der Waals surface area contributed by atoms with Crippen molar-refractivity contribution in [1.29, 1.82) is 0 Å². The number of likely N-dealkylation sites (tertiary alicyclic amines) is 1. The van der Waals surface area contributed by atoms with Crippen molar-refractivity contribution in [2.75, 3.05) is 11.9 Å². The van der Waals surface area contributed by atoms with Gasteiger partial charge in [0.15, 0.2) is 0 Å². The molecule has 1 fully saturated rings. The van der Waals surface area contributed by atoms with E-state index >= 15 is 0 Å². The van der Waals surface area contributed by atoms with Gasteiger partial charge in [0.05, 0.1) is 0 Å². The van der Waals surface area contributed by atoms with Crippen molar-refractivity contribution in [3.05, 3.63) is 71.3 Å². The largest absolute Gasteiger partial charge is 0.478 e. The highest BCUT2D eigenvalue weighted by atomic mass is 16.4. The third kappa shape index (κ3) is 2.81. The second-order valence-corrected chi connectivity index (χ2v) is 6.65. The van der Waals surface area contributed by atoms with Crippen molar-refractivity contribution >= 4 is 17.7 Å². The van der Waals surface area contributed by atoms with Crippen molar-refractivity contribution < 1.29 is 15.0 Å². The molecular weight excluding hydrogens is 316 g/mol. The monoisotopic (exact) mass is 336 g/mol. The van der Waals surface area contributed by atoms with Gasteiger partial charge in [-0.05, 0) is 29.7 Å². The van der Waals surface area contributed by atoms with Gasteiger partial charge in [0.2, 0.25) is 0 Å². The van der Waals surface area contributed by atoms with E-state index in [1.807, 2.05) is 48.5 Å². The summed E-state index contributed by atoms with van der Waals surface area (Å²) in [4.78, 5) is 12.8. The van der Waals surface area contributed by atoms with Gasteiger partial charge in [0.25, 0.3) is 0 Å². The van der Waals surface area contributed by atoms with Crippen molar-refractivity contribution in [3.63, 3.8) is 0 Å².